The van der Waals surface area contributed by atoms with Gasteiger partial charge in [0.05, 0.1) is 55.5 Å². The zero-order valence-corrected chi connectivity index (χ0v) is 29.1. The fraction of sp³-hybridized carbons (Fsp3) is 0. The Hall–Kier alpha value is -7.30. The van der Waals surface area contributed by atoms with E-state index in [1.165, 1.54) is 99.0 Å². The number of aromatic nitrogens is 4. The molecule has 0 saturated carbocycles. The maximum atomic E-state index is 2.54. The average molecular weight is 687 g/mol. The van der Waals surface area contributed by atoms with Gasteiger partial charge < -0.3 is 17.9 Å². The molecule has 0 amide bonds. The second kappa shape index (κ2) is 10.2. The van der Waals surface area contributed by atoms with Crippen molar-refractivity contribution < 1.29 is 0 Å². The largest absolute Gasteiger partial charge is 0.306 e. The molecular formula is C50H30N4. The lowest BCUT2D eigenvalue weighted by molar-refractivity contribution is 1.14. The molecule has 0 saturated heterocycles. The van der Waals surface area contributed by atoms with Gasteiger partial charge in [0.2, 0.25) is 0 Å². The van der Waals surface area contributed by atoms with E-state index >= 15 is 0 Å². The Labute approximate surface area is 309 Å². The second-order valence-electron chi connectivity index (χ2n) is 14.5. The number of nitrogens with zero attached hydrogens (tertiary/aromatic N) is 4. The van der Waals surface area contributed by atoms with Crippen molar-refractivity contribution in [3.05, 3.63) is 182 Å². The number of hydrogen-bond acceptors (Lipinski definition) is 0. The summed E-state index contributed by atoms with van der Waals surface area (Å²) in [5.41, 5.74) is 17.1. The quantitative estimate of drug-likeness (QED) is 0.175. The molecule has 250 valence electrons. The lowest BCUT2D eigenvalue weighted by atomic mass is 10.1. The third-order valence-corrected chi connectivity index (χ3v) is 11.8. The van der Waals surface area contributed by atoms with Crippen LogP contribution in [-0.4, -0.2) is 17.9 Å². The van der Waals surface area contributed by atoms with Crippen LogP contribution >= 0.6 is 0 Å². The van der Waals surface area contributed by atoms with E-state index in [1.54, 1.807) is 0 Å². The minimum absolute atomic E-state index is 1.16. The smallest absolute Gasteiger partial charge is 0.0811 e. The highest BCUT2D eigenvalue weighted by molar-refractivity contribution is 6.32. The van der Waals surface area contributed by atoms with Crippen molar-refractivity contribution in [2.24, 2.45) is 0 Å². The summed E-state index contributed by atoms with van der Waals surface area (Å²) >= 11 is 0. The van der Waals surface area contributed by atoms with Crippen LogP contribution < -0.4 is 0 Å². The van der Waals surface area contributed by atoms with E-state index in [9.17, 15) is 0 Å². The molecule has 0 aliphatic rings. The number of para-hydroxylation sites is 4. The van der Waals surface area contributed by atoms with Gasteiger partial charge in [-0.15, -0.1) is 0 Å². The highest BCUT2D eigenvalue weighted by Gasteiger charge is 2.31. The van der Waals surface area contributed by atoms with Gasteiger partial charge in [0.1, 0.15) is 0 Å². The maximum absolute atomic E-state index is 2.54. The van der Waals surface area contributed by atoms with Crippen molar-refractivity contribution in [3.8, 4) is 33.9 Å². The van der Waals surface area contributed by atoms with Crippen molar-refractivity contribution in [1.29, 1.82) is 0 Å². The first-order chi connectivity index (χ1) is 26.9. The molecule has 0 bridgehead atoms. The van der Waals surface area contributed by atoms with E-state index in [0.29, 0.717) is 0 Å². The molecular weight excluding hydrogens is 657 g/mol. The first-order valence-electron chi connectivity index (χ1n) is 18.6. The van der Waals surface area contributed by atoms with Crippen LogP contribution in [0.2, 0.25) is 0 Å². The van der Waals surface area contributed by atoms with Crippen LogP contribution in [0.15, 0.2) is 182 Å². The van der Waals surface area contributed by atoms with Crippen LogP contribution in [0.1, 0.15) is 0 Å². The molecule has 0 fully saturated rings. The Bertz CT molecular complexity index is 3320. The predicted octanol–water partition coefficient (Wildman–Crippen LogP) is 12.9. The first-order valence-corrected chi connectivity index (χ1v) is 18.6. The fourth-order valence-corrected chi connectivity index (χ4v) is 9.80. The lowest BCUT2D eigenvalue weighted by Crippen LogP contribution is -1.97. The molecule has 0 atom stereocenters. The van der Waals surface area contributed by atoms with E-state index in [1.807, 2.05) is 0 Å². The van der Waals surface area contributed by atoms with E-state index in [2.05, 4.69) is 200 Å². The molecule has 0 aliphatic carbocycles. The van der Waals surface area contributed by atoms with Gasteiger partial charge in [0.15, 0.2) is 0 Å². The molecule has 6 aromatic heterocycles. The minimum Gasteiger partial charge on any atom is -0.306 e. The fourth-order valence-electron chi connectivity index (χ4n) is 9.80. The van der Waals surface area contributed by atoms with Crippen LogP contribution in [0.4, 0.5) is 0 Å². The summed E-state index contributed by atoms with van der Waals surface area (Å²) in [5, 5.41) is 7.62. The summed E-state index contributed by atoms with van der Waals surface area (Å²) in [6.07, 6.45) is 0. The summed E-state index contributed by atoms with van der Waals surface area (Å²) in [6.45, 7) is 0. The lowest BCUT2D eigenvalue weighted by Gasteiger charge is -2.12. The topological polar surface area (TPSA) is 18.7 Å². The molecule has 13 aromatic rings. The highest BCUT2D eigenvalue weighted by Crippen LogP contribution is 2.51. The standard InChI is InChI=1S/C50H30N4/c1-5-17-31(18-6-1)45-43-35-25-13-15-27-39(35)53-41-30-38-42(29-37(41)47(49(43)53)51(45)33-21-9-3-10-22-33)54-40-28-16-14-26-36(40)44-46(32-19-7-2-8-20-32)52(48(38)50(44)54)34-23-11-4-12-24-34/h1-30H. The summed E-state index contributed by atoms with van der Waals surface area (Å²) < 4.78 is 10.1. The van der Waals surface area contributed by atoms with Gasteiger partial charge in [0, 0.05) is 43.7 Å². The highest BCUT2D eigenvalue weighted by atomic mass is 15.1. The monoisotopic (exact) mass is 686 g/mol. The molecule has 0 aliphatic heterocycles. The van der Waals surface area contributed by atoms with Crippen molar-refractivity contribution in [1.82, 2.24) is 17.9 Å². The van der Waals surface area contributed by atoms with E-state index in [0.717, 1.165) is 11.4 Å². The Balaban J connectivity index is 1.30. The summed E-state index contributed by atoms with van der Waals surface area (Å²) in [6, 6.07) is 66.5. The van der Waals surface area contributed by atoms with Crippen LogP contribution in [0.25, 0.3) is 110 Å². The first kappa shape index (κ1) is 28.3. The van der Waals surface area contributed by atoms with Crippen LogP contribution in [0, 0.1) is 0 Å². The van der Waals surface area contributed by atoms with Gasteiger partial charge >= 0.3 is 0 Å². The van der Waals surface area contributed by atoms with Gasteiger partial charge in [-0.05, 0) is 59.7 Å². The van der Waals surface area contributed by atoms with Crippen molar-refractivity contribution in [3.63, 3.8) is 0 Å². The summed E-state index contributed by atoms with van der Waals surface area (Å²) in [7, 11) is 0. The van der Waals surface area contributed by atoms with Gasteiger partial charge in [-0.25, -0.2) is 0 Å². The zero-order valence-electron chi connectivity index (χ0n) is 29.1. The van der Waals surface area contributed by atoms with Crippen LogP contribution in [-0.2, 0) is 0 Å². The van der Waals surface area contributed by atoms with E-state index in [-0.39, 0.29) is 0 Å². The zero-order chi connectivity index (χ0) is 35.1. The van der Waals surface area contributed by atoms with Crippen molar-refractivity contribution in [2.45, 2.75) is 0 Å². The molecule has 0 radical (unpaired) electrons. The van der Waals surface area contributed by atoms with E-state index in [4.69, 9.17) is 0 Å². The molecule has 7 aromatic carbocycles. The molecule has 13 rings (SSSR count). The van der Waals surface area contributed by atoms with Crippen molar-refractivity contribution >= 4 is 76.5 Å². The predicted molar refractivity (Wildman–Crippen MR) is 225 cm³/mol. The molecule has 0 spiro atoms. The summed E-state index contributed by atoms with van der Waals surface area (Å²) in [4.78, 5) is 0. The van der Waals surface area contributed by atoms with Gasteiger partial charge in [-0.2, -0.15) is 0 Å². The Kier molecular flexibility index (Phi) is 5.34. The number of fused-ring (bicyclic) bond motifs is 12. The van der Waals surface area contributed by atoms with Gasteiger partial charge in [0.25, 0.3) is 0 Å². The maximum Gasteiger partial charge on any atom is 0.0811 e. The molecule has 6 heterocycles. The Morgan fingerprint density at radius 2 is 0.630 bits per heavy atom. The number of hydrogen-bond donors (Lipinski definition) is 0. The molecule has 0 unspecified atom stereocenters. The Morgan fingerprint density at radius 3 is 1.04 bits per heavy atom. The third kappa shape index (κ3) is 3.39. The van der Waals surface area contributed by atoms with E-state index < -0.39 is 0 Å². The molecule has 54 heavy (non-hydrogen) atoms. The van der Waals surface area contributed by atoms with Gasteiger partial charge in [-0.3, -0.25) is 0 Å². The molecule has 0 N–H and O–H groups in total. The third-order valence-electron chi connectivity index (χ3n) is 11.8. The Morgan fingerprint density at radius 1 is 0.278 bits per heavy atom. The van der Waals surface area contributed by atoms with Crippen molar-refractivity contribution in [2.75, 3.05) is 0 Å². The van der Waals surface area contributed by atoms with Gasteiger partial charge in [-0.1, -0.05) is 133 Å². The summed E-state index contributed by atoms with van der Waals surface area (Å²) in [5.74, 6) is 0. The number of rotatable bonds is 4. The molecule has 4 nitrogen and oxygen atoms in total. The molecule has 4 heteroatoms. The van der Waals surface area contributed by atoms with Crippen LogP contribution in [0.3, 0.4) is 0 Å². The normalized spacial score (nSPS) is 12.4. The SMILES string of the molecule is c1ccc(-c2c3c4ccccc4n4c5cc6c7c8c(c(-c9ccccc9)n7-c7ccccc7)c7ccccc7n8c6cc5c(c34)n2-c2ccccc2)cc1. The minimum atomic E-state index is 1.16. The van der Waals surface area contributed by atoms with Crippen LogP contribution in [0.5, 0.6) is 0 Å². The number of benzene rings is 7. The average Bonchev–Trinajstić information content (AvgIpc) is 4.06. The second-order valence-corrected chi connectivity index (χ2v) is 14.5.